The average Bonchev–Trinajstić information content (AvgIpc) is 2.71. The van der Waals surface area contributed by atoms with E-state index in [-0.39, 0.29) is 11.6 Å². The Morgan fingerprint density at radius 2 is 1.72 bits per heavy atom. The molecule has 2 N–H and O–H groups in total. The summed E-state index contributed by atoms with van der Waals surface area (Å²) in [7, 11) is 0. The first-order chi connectivity index (χ1) is 13.8. The number of hydrogen-bond acceptors (Lipinski definition) is 4. The van der Waals surface area contributed by atoms with Gasteiger partial charge in [-0.25, -0.2) is 9.18 Å². The van der Waals surface area contributed by atoms with Crippen LogP contribution >= 0.6 is 0 Å². The van der Waals surface area contributed by atoms with Crippen LogP contribution in [0.5, 0.6) is 0 Å². The number of rotatable bonds is 8. The van der Waals surface area contributed by atoms with Crippen LogP contribution in [-0.2, 0) is 14.3 Å². The van der Waals surface area contributed by atoms with E-state index < -0.39 is 35.7 Å². The first-order valence-electron chi connectivity index (χ1n) is 9.44. The minimum absolute atomic E-state index is 0.200. The lowest BCUT2D eigenvalue weighted by Crippen LogP contribution is -2.47. The van der Waals surface area contributed by atoms with E-state index in [1.165, 1.54) is 25.1 Å². The van der Waals surface area contributed by atoms with E-state index in [1.54, 1.807) is 30.3 Å². The van der Waals surface area contributed by atoms with Crippen molar-refractivity contribution in [2.24, 2.45) is 5.92 Å². The fourth-order valence-corrected chi connectivity index (χ4v) is 2.59. The summed E-state index contributed by atoms with van der Waals surface area (Å²) in [6.07, 6.45) is -0.496. The minimum Gasteiger partial charge on any atom is -0.451 e. The molecule has 0 heterocycles. The molecule has 0 unspecified atom stereocenters. The maximum atomic E-state index is 13.2. The number of esters is 1. The smallest absolute Gasteiger partial charge is 0.329 e. The van der Waals surface area contributed by atoms with Gasteiger partial charge in [0.05, 0.1) is 0 Å². The Bertz CT molecular complexity index is 857. The summed E-state index contributed by atoms with van der Waals surface area (Å²) in [5.41, 5.74) is 0.680. The molecule has 2 rings (SSSR count). The minimum atomic E-state index is -1.12. The van der Waals surface area contributed by atoms with Gasteiger partial charge in [-0.15, -0.1) is 0 Å². The van der Waals surface area contributed by atoms with Crippen LogP contribution in [0.25, 0.3) is 0 Å². The molecule has 29 heavy (non-hydrogen) atoms. The zero-order chi connectivity index (χ0) is 21.4. The summed E-state index contributed by atoms with van der Waals surface area (Å²) in [4.78, 5) is 37.4. The highest BCUT2D eigenvalue weighted by molar-refractivity contribution is 5.98. The van der Waals surface area contributed by atoms with Crippen LogP contribution < -0.4 is 10.6 Å². The molecule has 0 saturated heterocycles. The number of anilines is 1. The lowest BCUT2D eigenvalue weighted by atomic mass is 9.98. The number of ether oxygens (including phenoxy) is 1. The van der Waals surface area contributed by atoms with Crippen molar-refractivity contribution in [3.63, 3.8) is 0 Å². The molecule has 0 aromatic heterocycles. The quantitative estimate of drug-likeness (QED) is 0.664. The van der Waals surface area contributed by atoms with Crippen LogP contribution in [0.3, 0.4) is 0 Å². The molecule has 2 amide bonds. The van der Waals surface area contributed by atoms with Gasteiger partial charge in [-0.05, 0) is 43.2 Å². The van der Waals surface area contributed by atoms with Gasteiger partial charge in [-0.3, -0.25) is 9.59 Å². The van der Waals surface area contributed by atoms with E-state index in [4.69, 9.17) is 4.74 Å². The Morgan fingerprint density at radius 1 is 1.03 bits per heavy atom. The SMILES string of the molecule is CC[C@H](C)[C@H](NC(=O)c1ccccc1)C(=O)O[C@@H](C)C(=O)Nc1cccc(F)c1. The van der Waals surface area contributed by atoms with Crippen molar-refractivity contribution in [1.29, 1.82) is 0 Å². The Hall–Kier alpha value is -3.22. The van der Waals surface area contributed by atoms with E-state index in [2.05, 4.69) is 10.6 Å². The van der Waals surface area contributed by atoms with Crippen molar-refractivity contribution in [2.75, 3.05) is 5.32 Å². The van der Waals surface area contributed by atoms with Gasteiger partial charge in [-0.2, -0.15) is 0 Å². The third-order valence-corrected chi connectivity index (χ3v) is 4.54. The molecule has 0 aliphatic carbocycles. The third kappa shape index (κ3) is 6.41. The summed E-state index contributed by atoms with van der Waals surface area (Å²) in [5.74, 6) is -2.39. The number of carbonyl (C=O) groups excluding carboxylic acids is 3. The predicted molar refractivity (Wildman–Crippen MR) is 108 cm³/mol. The molecule has 0 aliphatic rings. The number of carbonyl (C=O) groups is 3. The van der Waals surface area contributed by atoms with E-state index in [1.807, 2.05) is 13.8 Å². The number of amides is 2. The van der Waals surface area contributed by atoms with Gasteiger partial charge in [0.15, 0.2) is 6.10 Å². The summed E-state index contributed by atoms with van der Waals surface area (Å²) in [6.45, 7) is 5.12. The highest BCUT2D eigenvalue weighted by Gasteiger charge is 2.30. The van der Waals surface area contributed by atoms with Gasteiger partial charge < -0.3 is 15.4 Å². The predicted octanol–water partition coefficient (Wildman–Crippen LogP) is 3.54. The molecule has 154 valence electrons. The second kappa shape index (κ2) is 10.4. The fourth-order valence-electron chi connectivity index (χ4n) is 2.59. The second-order valence-corrected chi connectivity index (χ2v) is 6.78. The van der Waals surface area contributed by atoms with Gasteiger partial charge in [-0.1, -0.05) is 44.5 Å². The maximum absolute atomic E-state index is 13.2. The number of hydrogen-bond donors (Lipinski definition) is 2. The van der Waals surface area contributed by atoms with Crippen molar-refractivity contribution in [3.05, 3.63) is 66.0 Å². The highest BCUT2D eigenvalue weighted by Crippen LogP contribution is 2.14. The third-order valence-electron chi connectivity index (χ3n) is 4.54. The number of benzene rings is 2. The fraction of sp³-hybridized carbons (Fsp3) is 0.318. The summed E-state index contributed by atoms with van der Waals surface area (Å²) in [5, 5.41) is 5.18. The largest absolute Gasteiger partial charge is 0.451 e. The van der Waals surface area contributed by atoms with Crippen LogP contribution in [0.15, 0.2) is 54.6 Å². The van der Waals surface area contributed by atoms with Gasteiger partial charge in [0.1, 0.15) is 11.9 Å². The molecule has 0 aliphatic heterocycles. The van der Waals surface area contributed by atoms with E-state index in [0.717, 1.165) is 6.07 Å². The number of nitrogens with one attached hydrogen (secondary N) is 2. The maximum Gasteiger partial charge on any atom is 0.329 e. The Labute approximate surface area is 169 Å². The van der Waals surface area contributed by atoms with E-state index >= 15 is 0 Å². The molecule has 3 atom stereocenters. The van der Waals surface area contributed by atoms with Crippen LogP contribution in [0.4, 0.5) is 10.1 Å². The van der Waals surface area contributed by atoms with Crippen LogP contribution in [0.1, 0.15) is 37.6 Å². The van der Waals surface area contributed by atoms with Crippen LogP contribution in [0.2, 0.25) is 0 Å². The summed E-state index contributed by atoms with van der Waals surface area (Å²) in [6, 6.07) is 13.0. The highest BCUT2D eigenvalue weighted by atomic mass is 19.1. The Kier molecular flexibility index (Phi) is 7.88. The molecular weight excluding hydrogens is 375 g/mol. The molecule has 6 nitrogen and oxygen atoms in total. The molecular formula is C22H25FN2O4. The van der Waals surface area contributed by atoms with Crippen molar-refractivity contribution in [1.82, 2.24) is 5.32 Å². The summed E-state index contributed by atoms with van der Waals surface area (Å²) < 4.78 is 18.5. The Balaban J connectivity index is 2.02. The molecule has 0 spiro atoms. The van der Waals surface area contributed by atoms with E-state index in [0.29, 0.717) is 12.0 Å². The molecule has 2 aromatic rings. The standard InChI is InChI=1S/C22H25FN2O4/c1-4-14(2)19(25-21(27)16-9-6-5-7-10-16)22(28)29-15(3)20(26)24-18-12-8-11-17(23)13-18/h5-15,19H,4H2,1-3H3,(H,24,26)(H,25,27)/t14-,15-,19-/m0/s1. The molecule has 0 fully saturated rings. The van der Waals surface area contributed by atoms with Gasteiger partial charge >= 0.3 is 5.97 Å². The van der Waals surface area contributed by atoms with Gasteiger partial charge in [0.2, 0.25) is 0 Å². The topological polar surface area (TPSA) is 84.5 Å². The van der Waals surface area contributed by atoms with E-state index in [9.17, 15) is 18.8 Å². The average molecular weight is 400 g/mol. The van der Waals surface area contributed by atoms with Crippen molar-refractivity contribution < 1.29 is 23.5 Å². The zero-order valence-electron chi connectivity index (χ0n) is 16.6. The molecule has 2 aromatic carbocycles. The van der Waals surface area contributed by atoms with Crippen molar-refractivity contribution >= 4 is 23.5 Å². The monoisotopic (exact) mass is 400 g/mol. The van der Waals surface area contributed by atoms with Crippen LogP contribution in [-0.4, -0.2) is 29.9 Å². The lowest BCUT2D eigenvalue weighted by molar-refractivity contribution is -0.156. The molecule has 0 radical (unpaired) electrons. The molecule has 0 saturated carbocycles. The zero-order valence-corrected chi connectivity index (χ0v) is 16.6. The Morgan fingerprint density at radius 3 is 2.34 bits per heavy atom. The molecule has 0 bridgehead atoms. The molecule has 7 heteroatoms. The van der Waals surface area contributed by atoms with Gasteiger partial charge in [0.25, 0.3) is 11.8 Å². The van der Waals surface area contributed by atoms with Crippen LogP contribution in [0, 0.1) is 11.7 Å². The second-order valence-electron chi connectivity index (χ2n) is 6.78. The van der Waals surface area contributed by atoms with Crippen molar-refractivity contribution in [2.45, 2.75) is 39.3 Å². The van der Waals surface area contributed by atoms with Gasteiger partial charge in [0, 0.05) is 11.3 Å². The first kappa shape index (κ1) is 22.1. The number of halogens is 1. The van der Waals surface area contributed by atoms with Crippen molar-refractivity contribution in [3.8, 4) is 0 Å². The first-order valence-corrected chi connectivity index (χ1v) is 9.44. The summed E-state index contributed by atoms with van der Waals surface area (Å²) >= 11 is 0. The normalized spacial score (nSPS) is 13.7. The lowest BCUT2D eigenvalue weighted by Gasteiger charge is -2.24.